The summed E-state index contributed by atoms with van der Waals surface area (Å²) in [6.07, 6.45) is 1.65. The molecule has 0 aliphatic heterocycles. The Morgan fingerprint density at radius 3 is 2.47 bits per heavy atom. The molecular weight excluding hydrogens is 244 g/mol. The summed E-state index contributed by atoms with van der Waals surface area (Å²) in [7, 11) is 0. The van der Waals surface area contributed by atoms with Crippen molar-refractivity contribution in [2.75, 3.05) is 0 Å². The first-order chi connectivity index (χ1) is 8.65. The van der Waals surface area contributed by atoms with Crippen LogP contribution in [0, 0.1) is 11.8 Å². The van der Waals surface area contributed by atoms with E-state index in [1.807, 2.05) is 13.8 Å². The minimum atomic E-state index is -0.940. The Kier molecular flexibility index (Phi) is 3.52. The Morgan fingerprint density at radius 2 is 1.89 bits per heavy atom. The molecule has 2 aliphatic carbocycles. The first-order valence-electron chi connectivity index (χ1n) is 6.96. The van der Waals surface area contributed by atoms with Gasteiger partial charge in [-0.15, -0.1) is 0 Å². The first kappa shape index (κ1) is 14.5. The van der Waals surface area contributed by atoms with Crippen molar-refractivity contribution in [1.82, 2.24) is 0 Å². The van der Waals surface area contributed by atoms with Crippen LogP contribution in [0.1, 0.15) is 46.5 Å². The van der Waals surface area contributed by atoms with E-state index in [0.717, 1.165) is 0 Å². The van der Waals surface area contributed by atoms with Gasteiger partial charge in [-0.25, -0.2) is 4.79 Å². The lowest BCUT2D eigenvalue weighted by Crippen LogP contribution is -2.61. The van der Waals surface area contributed by atoms with Crippen molar-refractivity contribution in [1.29, 1.82) is 0 Å². The molecular formula is C15H24O4. The fourth-order valence-corrected chi connectivity index (χ4v) is 3.82. The Balaban J connectivity index is 2.20. The Bertz CT molecular complexity index is 405. The summed E-state index contributed by atoms with van der Waals surface area (Å²) in [4.78, 5) is 11.7. The molecule has 2 rings (SSSR count). The number of esters is 1. The fourth-order valence-electron chi connectivity index (χ4n) is 3.82. The molecule has 5 unspecified atom stereocenters. The average molecular weight is 268 g/mol. The van der Waals surface area contributed by atoms with Gasteiger partial charge in [-0.1, -0.05) is 20.4 Å². The SMILES string of the molecule is C=C(C)C(=O)OC1CC2(O)CC(C)CC(O)(C2)C1C. The quantitative estimate of drug-likeness (QED) is 0.592. The molecule has 5 atom stereocenters. The minimum Gasteiger partial charge on any atom is -0.459 e. The van der Waals surface area contributed by atoms with Crippen molar-refractivity contribution in [3.05, 3.63) is 12.2 Å². The normalized spacial score (nSPS) is 45.6. The summed E-state index contributed by atoms with van der Waals surface area (Å²) >= 11 is 0. The van der Waals surface area contributed by atoms with Gasteiger partial charge in [0, 0.05) is 24.3 Å². The molecule has 2 fully saturated rings. The molecule has 0 aromatic heterocycles. The third-order valence-corrected chi connectivity index (χ3v) is 4.66. The molecule has 0 heterocycles. The molecule has 0 aromatic carbocycles. The Labute approximate surface area is 114 Å². The van der Waals surface area contributed by atoms with Crippen LogP contribution in [0.15, 0.2) is 12.2 Å². The number of carbonyl (C=O) groups excluding carboxylic acids is 1. The lowest BCUT2D eigenvalue weighted by molar-refractivity contribution is -0.216. The van der Waals surface area contributed by atoms with Crippen molar-refractivity contribution in [2.24, 2.45) is 11.8 Å². The van der Waals surface area contributed by atoms with Gasteiger partial charge in [0.05, 0.1) is 11.2 Å². The van der Waals surface area contributed by atoms with Gasteiger partial charge in [0.1, 0.15) is 6.10 Å². The number of fused-ring (bicyclic) bond motifs is 2. The van der Waals surface area contributed by atoms with Crippen LogP contribution < -0.4 is 0 Å². The molecule has 2 aliphatic rings. The van der Waals surface area contributed by atoms with Crippen molar-refractivity contribution in [2.45, 2.75) is 63.8 Å². The molecule has 4 heteroatoms. The molecule has 2 bridgehead atoms. The molecule has 0 saturated heterocycles. The number of rotatable bonds is 2. The summed E-state index contributed by atoms with van der Waals surface area (Å²) < 4.78 is 5.41. The topological polar surface area (TPSA) is 66.8 Å². The highest BCUT2D eigenvalue weighted by molar-refractivity contribution is 5.87. The molecule has 2 N–H and O–H groups in total. The van der Waals surface area contributed by atoms with Crippen LogP contribution >= 0.6 is 0 Å². The fraction of sp³-hybridized carbons (Fsp3) is 0.800. The van der Waals surface area contributed by atoms with Crippen LogP contribution in [0.3, 0.4) is 0 Å². The van der Waals surface area contributed by atoms with Gasteiger partial charge in [-0.3, -0.25) is 0 Å². The number of carbonyl (C=O) groups is 1. The highest BCUT2D eigenvalue weighted by atomic mass is 16.5. The second kappa shape index (κ2) is 4.60. The lowest BCUT2D eigenvalue weighted by atomic mass is 9.58. The Hall–Kier alpha value is -0.870. The maximum atomic E-state index is 11.7. The van der Waals surface area contributed by atoms with E-state index >= 15 is 0 Å². The Morgan fingerprint density at radius 1 is 1.26 bits per heavy atom. The number of hydrogen-bond donors (Lipinski definition) is 2. The van der Waals surface area contributed by atoms with Crippen LogP contribution in [0.4, 0.5) is 0 Å². The van der Waals surface area contributed by atoms with Gasteiger partial charge in [0.25, 0.3) is 0 Å². The average Bonchev–Trinajstić information content (AvgIpc) is 2.23. The molecule has 0 aromatic rings. The second-order valence-electron chi connectivity index (χ2n) is 6.74. The van der Waals surface area contributed by atoms with Gasteiger partial charge >= 0.3 is 5.97 Å². The number of ether oxygens (including phenoxy) is 1. The standard InChI is InChI=1S/C15H24O4/c1-9(2)13(16)19-12-7-14(17)5-10(3)6-15(18,8-14)11(12)4/h10-12,17-18H,1,5-8H2,2-4H3. The van der Waals surface area contributed by atoms with Crippen LogP contribution in [-0.2, 0) is 9.53 Å². The molecule has 0 amide bonds. The third kappa shape index (κ3) is 2.70. The van der Waals surface area contributed by atoms with E-state index in [0.29, 0.717) is 31.3 Å². The van der Waals surface area contributed by atoms with Crippen molar-refractivity contribution >= 4 is 5.97 Å². The summed E-state index contributed by atoms with van der Waals surface area (Å²) in [5, 5.41) is 21.4. The third-order valence-electron chi connectivity index (χ3n) is 4.66. The van der Waals surface area contributed by atoms with Gasteiger partial charge in [-0.2, -0.15) is 0 Å². The zero-order valence-corrected chi connectivity index (χ0v) is 12.0. The monoisotopic (exact) mass is 268 g/mol. The molecule has 19 heavy (non-hydrogen) atoms. The maximum Gasteiger partial charge on any atom is 0.333 e. The van der Waals surface area contributed by atoms with Crippen LogP contribution in [-0.4, -0.2) is 33.5 Å². The molecule has 2 saturated carbocycles. The highest BCUT2D eigenvalue weighted by Gasteiger charge is 2.56. The zero-order valence-electron chi connectivity index (χ0n) is 12.0. The number of aliphatic hydroxyl groups is 2. The molecule has 0 radical (unpaired) electrons. The first-order valence-corrected chi connectivity index (χ1v) is 6.96. The van der Waals surface area contributed by atoms with E-state index in [1.165, 1.54) is 0 Å². The summed E-state index contributed by atoms with van der Waals surface area (Å²) in [5.41, 5.74) is -1.51. The van der Waals surface area contributed by atoms with E-state index in [1.54, 1.807) is 6.92 Å². The second-order valence-corrected chi connectivity index (χ2v) is 6.74. The molecule has 4 nitrogen and oxygen atoms in total. The van der Waals surface area contributed by atoms with E-state index < -0.39 is 23.3 Å². The molecule has 108 valence electrons. The van der Waals surface area contributed by atoms with E-state index in [2.05, 4.69) is 6.58 Å². The highest BCUT2D eigenvalue weighted by Crippen LogP contribution is 2.51. The zero-order chi connectivity index (χ0) is 14.4. The van der Waals surface area contributed by atoms with Gasteiger partial charge in [0.2, 0.25) is 0 Å². The predicted octanol–water partition coefficient (Wildman–Crippen LogP) is 1.80. The van der Waals surface area contributed by atoms with Gasteiger partial charge in [-0.05, 0) is 25.7 Å². The van der Waals surface area contributed by atoms with Gasteiger partial charge < -0.3 is 14.9 Å². The van der Waals surface area contributed by atoms with Crippen molar-refractivity contribution in [3.8, 4) is 0 Å². The van der Waals surface area contributed by atoms with Crippen LogP contribution in [0.2, 0.25) is 0 Å². The smallest absolute Gasteiger partial charge is 0.333 e. The molecule has 0 spiro atoms. The van der Waals surface area contributed by atoms with Crippen LogP contribution in [0.5, 0.6) is 0 Å². The van der Waals surface area contributed by atoms with E-state index in [4.69, 9.17) is 4.74 Å². The summed E-state index contributed by atoms with van der Waals surface area (Å²) in [5.74, 6) is -0.333. The van der Waals surface area contributed by atoms with Gasteiger partial charge in [0.15, 0.2) is 0 Å². The maximum absolute atomic E-state index is 11.7. The van der Waals surface area contributed by atoms with E-state index in [9.17, 15) is 15.0 Å². The van der Waals surface area contributed by atoms with Crippen molar-refractivity contribution in [3.63, 3.8) is 0 Å². The van der Waals surface area contributed by atoms with Crippen molar-refractivity contribution < 1.29 is 19.7 Å². The van der Waals surface area contributed by atoms with E-state index in [-0.39, 0.29) is 11.8 Å². The number of hydrogen-bond acceptors (Lipinski definition) is 4. The predicted molar refractivity (Wildman–Crippen MR) is 71.4 cm³/mol. The minimum absolute atomic E-state index is 0.168. The lowest BCUT2D eigenvalue weighted by Gasteiger charge is -2.54. The summed E-state index contributed by atoms with van der Waals surface area (Å²) in [6.45, 7) is 9.10. The van der Waals surface area contributed by atoms with Crippen LogP contribution in [0.25, 0.3) is 0 Å². The largest absolute Gasteiger partial charge is 0.459 e. The summed E-state index contributed by atoms with van der Waals surface area (Å²) in [6, 6.07) is 0.